The molecule has 6 atom stereocenters. The first-order chi connectivity index (χ1) is 20.4. The number of nitrogens with one attached hydrogen (secondary N) is 1. The molecule has 2 heterocycles. The topological polar surface area (TPSA) is 74.6 Å². The van der Waals surface area contributed by atoms with E-state index in [4.69, 9.17) is 26.3 Å². The average Bonchev–Trinajstić information content (AvgIpc) is 3.17. The molecule has 1 aliphatic carbocycles. The number of methoxy groups -OCH3 is 1. The number of fused-ring (bicyclic) bond motifs is 2. The maximum absolute atomic E-state index is 13.0. The van der Waals surface area contributed by atoms with Crippen LogP contribution in [0.2, 0.25) is 5.02 Å². The zero-order valence-corrected chi connectivity index (χ0v) is 26.8. The predicted octanol–water partition coefficient (Wildman–Crippen LogP) is 7.81. The van der Waals surface area contributed by atoms with E-state index in [2.05, 4.69) is 72.5 Å². The molecule has 3 aliphatic rings. The number of nitriles is 1. The fraction of sp³-hybridized carbons (Fsp3) is 0.529. The van der Waals surface area contributed by atoms with E-state index in [1.165, 1.54) is 35.9 Å². The summed E-state index contributed by atoms with van der Waals surface area (Å²) in [6, 6.07) is 12.7. The molecule has 2 aromatic carbocycles. The van der Waals surface area contributed by atoms with E-state index in [1.54, 1.807) is 0 Å². The van der Waals surface area contributed by atoms with Crippen molar-refractivity contribution in [3.8, 4) is 12.3 Å². The van der Waals surface area contributed by atoms with Crippen molar-refractivity contribution >= 4 is 35.1 Å². The lowest BCUT2D eigenvalue weighted by molar-refractivity contribution is -0.123. The van der Waals surface area contributed by atoms with Gasteiger partial charge in [0, 0.05) is 48.5 Å². The standard InChI is InChI=1S/C33H43ClN2O3S.CHN/c1-5-7-23-16-26(34)11-14-28(23)25-19-36-18-24-10-13-29(24)31(38-4)9-6-8-21(2)22(3)33(37)35-40-27-12-15-32(39-20-25)30(36)17-27;1-2/h6,9,11-12,14-17,21-22,24-25,29,31H,5,7-8,10,13,18-20H2,1-4H3,(H,35,37);1H/b9-6+;. The lowest BCUT2D eigenvalue weighted by Crippen LogP contribution is -2.44. The summed E-state index contributed by atoms with van der Waals surface area (Å²) < 4.78 is 15.6. The Balaban J connectivity index is 0.00000198. The summed E-state index contributed by atoms with van der Waals surface area (Å²) in [7, 11) is 1.83. The van der Waals surface area contributed by atoms with Crippen LogP contribution in [0.1, 0.15) is 63.5 Å². The number of hydrogen-bond donors (Lipinski definition) is 1. The normalized spacial score (nSPS) is 28.5. The molecule has 226 valence electrons. The molecule has 6 unspecified atom stereocenters. The maximum atomic E-state index is 13.0. The molecule has 6 nitrogen and oxygen atoms in total. The number of ether oxygens (including phenoxy) is 2. The molecule has 0 spiro atoms. The van der Waals surface area contributed by atoms with Gasteiger partial charge in [-0.1, -0.05) is 57.0 Å². The molecule has 1 fully saturated rings. The van der Waals surface area contributed by atoms with Crippen LogP contribution in [0.4, 0.5) is 5.69 Å². The van der Waals surface area contributed by atoms with Crippen molar-refractivity contribution in [3.63, 3.8) is 0 Å². The molecule has 1 saturated carbocycles. The van der Waals surface area contributed by atoms with E-state index in [-0.39, 0.29) is 29.8 Å². The summed E-state index contributed by atoms with van der Waals surface area (Å²) in [5.74, 6) is 2.40. The lowest BCUT2D eigenvalue weighted by atomic mass is 9.70. The zero-order chi connectivity index (χ0) is 30.2. The molecule has 1 amide bonds. The Labute approximate surface area is 260 Å². The number of carbonyl (C=O) groups excluding carboxylic acids is 1. The average molecular weight is 610 g/mol. The highest BCUT2D eigenvalue weighted by Gasteiger charge is 2.39. The van der Waals surface area contributed by atoms with Gasteiger partial charge in [-0.3, -0.25) is 9.52 Å². The van der Waals surface area contributed by atoms with Gasteiger partial charge in [0.2, 0.25) is 5.91 Å². The Morgan fingerprint density at radius 3 is 2.69 bits per heavy atom. The number of benzene rings is 2. The molecule has 0 saturated heterocycles. The number of rotatable bonds is 4. The van der Waals surface area contributed by atoms with Gasteiger partial charge in [-0.15, -0.1) is 0 Å². The minimum Gasteiger partial charge on any atom is -0.491 e. The van der Waals surface area contributed by atoms with E-state index in [9.17, 15) is 4.79 Å². The van der Waals surface area contributed by atoms with Gasteiger partial charge in [0.1, 0.15) is 5.75 Å². The minimum absolute atomic E-state index is 0.0645. The highest BCUT2D eigenvalue weighted by molar-refractivity contribution is 7.98. The summed E-state index contributed by atoms with van der Waals surface area (Å²) in [6.07, 6.45) is 9.88. The van der Waals surface area contributed by atoms with Crippen molar-refractivity contribution in [2.75, 3.05) is 31.7 Å². The first-order valence-corrected chi connectivity index (χ1v) is 16.3. The predicted molar refractivity (Wildman–Crippen MR) is 172 cm³/mol. The summed E-state index contributed by atoms with van der Waals surface area (Å²) in [5.41, 5.74) is 3.76. The number of nitrogens with zero attached hydrogens (tertiary/aromatic N) is 2. The van der Waals surface area contributed by atoms with E-state index in [1.807, 2.05) is 20.1 Å². The number of aryl methyl sites for hydroxylation is 1. The molecular formula is C34H44ClN3O3S. The highest BCUT2D eigenvalue weighted by atomic mass is 35.5. The molecule has 5 rings (SSSR count). The number of halogens is 1. The number of amides is 1. The summed E-state index contributed by atoms with van der Waals surface area (Å²) in [4.78, 5) is 16.5. The van der Waals surface area contributed by atoms with Gasteiger partial charge >= 0.3 is 0 Å². The summed E-state index contributed by atoms with van der Waals surface area (Å²) in [6.45, 7) is 12.3. The molecule has 0 aromatic heterocycles. The van der Waals surface area contributed by atoms with Crippen LogP contribution >= 0.6 is 23.5 Å². The molecule has 0 radical (unpaired) electrons. The van der Waals surface area contributed by atoms with E-state index in [0.717, 1.165) is 53.7 Å². The van der Waals surface area contributed by atoms with Crippen LogP contribution in [0.25, 0.3) is 0 Å². The largest absolute Gasteiger partial charge is 0.491 e. The second-order valence-electron chi connectivity index (χ2n) is 11.8. The van der Waals surface area contributed by atoms with E-state index < -0.39 is 0 Å². The smallest absolute Gasteiger partial charge is 0.233 e. The number of anilines is 1. The zero-order valence-electron chi connectivity index (χ0n) is 25.2. The van der Waals surface area contributed by atoms with Gasteiger partial charge in [0.25, 0.3) is 0 Å². The third kappa shape index (κ3) is 7.45. The van der Waals surface area contributed by atoms with Crippen molar-refractivity contribution in [2.45, 2.75) is 69.8 Å². The molecule has 8 heteroatoms. The van der Waals surface area contributed by atoms with Crippen molar-refractivity contribution in [1.82, 2.24) is 4.72 Å². The van der Waals surface area contributed by atoms with Crippen LogP contribution in [-0.4, -0.2) is 38.8 Å². The number of allylic oxidation sites excluding steroid dienone is 1. The Morgan fingerprint density at radius 2 is 1.98 bits per heavy atom. The minimum atomic E-state index is -0.0828. The Hall–Kier alpha value is -2.66. The first kappa shape index (κ1) is 32.3. The fourth-order valence-corrected chi connectivity index (χ4v) is 7.29. The SMILES string of the molecule is C#N.CCCc1cc(Cl)ccc1C1COc2ccc3cc2N(C1)CC1CCC1C(OC)/C=C/CC(C)C(C)C(=O)NS3. The van der Waals surface area contributed by atoms with Crippen LogP contribution in [0.5, 0.6) is 5.75 Å². The van der Waals surface area contributed by atoms with Gasteiger partial charge in [-0.2, -0.15) is 0 Å². The third-order valence-corrected chi connectivity index (χ3v) is 10.2. The molecule has 2 bridgehead atoms. The second-order valence-corrected chi connectivity index (χ2v) is 13.2. The second kappa shape index (κ2) is 15.2. The Kier molecular flexibility index (Phi) is 11.7. The molecule has 1 N–H and O–H groups in total. The summed E-state index contributed by atoms with van der Waals surface area (Å²) >= 11 is 7.82. The maximum Gasteiger partial charge on any atom is 0.233 e. The molecular weight excluding hydrogens is 566 g/mol. The fourth-order valence-electron chi connectivity index (χ4n) is 6.38. The molecule has 2 aliphatic heterocycles. The monoisotopic (exact) mass is 609 g/mol. The van der Waals surface area contributed by atoms with Gasteiger partial charge in [-0.25, -0.2) is 5.26 Å². The van der Waals surface area contributed by atoms with Gasteiger partial charge in [0.15, 0.2) is 0 Å². The van der Waals surface area contributed by atoms with Crippen LogP contribution in [0, 0.1) is 35.5 Å². The Bertz CT molecular complexity index is 1270. The lowest BCUT2D eigenvalue weighted by Gasteiger charge is -2.43. The molecule has 42 heavy (non-hydrogen) atoms. The van der Waals surface area contributed by atoms with E-state index >= 15 is 0 Å². The first-order valence-electron chi connectivity index (χ1n) is 15.1. The summed E-state index contributed by atoms with van der Waals surface area (Å²) in [5, 5.41) is 7.29. The Morgan fingerprint density at radius 1 is 1.17 bits per heavy atom. The van der Waals surface area contributed by atoms with Crippen molar-refractivity contribution in [2.24, 2.45) is 23.7 Å². The van der Waals surface area contributed by atoms with Crippen molar-refractivity contribution < 1.29 is 14.3 Å². The van der Waals surface area contributed by atoms with Crippen LogP contribution in [-0.2, 0) is 16.0 Å². The molecule has 2 aromatic rings. The van der Waals surface area contributed by atoms with Crippen LogP contribution < -0.4 is 14.4 Å². The van der Waals surface area contributed by atoms with Gasteiger partial charge < -0.3 is 14.4 Å². The van der Waals surface area contributed by atoms with Gasteiger partial charge in [0.05, 0.1) is 18.4 Å². The number of hydrogen-bond acceptors (Lipinski definition) is 6. The van der Waals surface area contributed by atoms with E-state index in [0.29, 0.717) is 18.4 Å². The van der Waals surface area contributed by atoms with Crippen LogP contribution in [0.15, 0.2) is 53.4 Å². The third-order valence-electron chi connectivity index (χ3n) is 9.21. The van der Waals surface area contributed by atoms with Crippen molar-refractivity contribution in [1.29, 1.82) is 5.26 Å². The number of carbonyl (C=O) groups is 1. The van der Waals surface area contributed by atoms with Crippen LogP contribution in [0.3, 0.4) is 0 Å². The van der Waals surface area contributed by atoms with Gasteiger partial charge in [-0.05, 0) is 96.8 Å². The van der Waals surface area contributed by atoms with Crippen molar-refractivity contribution in [3.05, 3.63) is 64.7 Å². The highest BCUT2D eigenvalue weighted by Crippen LogP contribution is 2.43. The quantitative estimate of drug-likeness (QED) is 0.281.